The molecule has 0 fully saturated rings. The van der Waals surface area contributed by atoms with Crippen LogP contribution in [0.4, 0.5) is 0 Å². The third kappa shape index (κ3) is 10.1. The number of nitrogens with zero attached hydrogens (tertiary/aromatic N) is 3. The summed E-state index contributed by atoms with van der Waals surface area (Å²) < 4.78 is 9.15. The molecule has 1 heterocycles. The Balaban J connectivity index is 0.000000180. The van der Waals surface area contributed by atoms with Crippen LogP contribution in [0, 0.1) is 0 Å². The van der Waals surface area contributed by atoms with Crippen LogP contribution in [-0.4, -0.2) is 27.0 Å². The summed E-state index contributed by atoms with van der Waals surface area (Å²) in [5.74, 6) is 0. The van der Waals surface area contributed by atoms with Crippen LogP contribution in [0.2, 0.25) is 0 Å². The lowest BCUT2D eigenvalue weighted by molar-refractivity contribution is 0.509. The minimum atomic E-state index is -1.87. The van der Waals surface area contributed by atoms with Gasteiger partial charge in [-0.3, -0.25) is 0 Å². The lowest BCUT2D eigenvalue weighted by Crippen LogP contribution is -1.78. The summed E-state index contributed by atoms with van der Waals surface area (Å²) in [6, 6.07) is 1.72. The fraction of sp³-hybridized carbons (Fsp3) is 0.250. The maximum absolute atomic E-state index is 9.15. The summed E-state index contributed by atoms with van der Waals surface area (Å²) in [5.41, 5.74) is 0. The molecule has 1 rings (SSSR count). The Bertz CT molecular complexity index is 150. The van der Waals surface area contributed by atoms with E-state index in [-0.39, 0.29) is 0 Å². The standard InChI is InChI=1S/C3H3N3.CH3O2P/c1-2-4-6-5-3-1;1-4(2)3/h1-3H;1H3/p+1. The van der Waals surface area contributed by atoms with Gasteiger partial charge in [0.25, 0.3) is 0 Å². The van der Waals surface area contributed by atoms with E-state index in [1.807, 2.05) is 0 Å². The molecule has 0 radical (unpaired) electrons. The van der Waals surface area contributed by atoms with E-state index >= 15 is 0 Å². The Morgan fingerprint density at radius 1 is 1.40 bits per heavy atom. The Hall–Kier alpha value is -0.930. The molecule has 0 saturated heterocycles. The molecule has 1 atom stereocenters. The summed E-state index contributed by atoms with van der Waals surface area (Å²) in [5, 5.41) is 10.1. The number of aromatic nitrogens is 3. The lowest BCUT2D eigenvalue weighted by Gasteiger charge is -1.68. The van der Waals surface area contributed by atoms with Crippen molar-refractivity contribution >= 4 is 8.03 Å². The lowest BCUT2D eigenvalue weighted by atomic mass is 10.7. The fourth-order valence-corrected chi connectivity index (χ4v) is 0.205. The Labute approximate surface area is 59.0 Å². The van der Waals surface area contributed by atoms with Crippen molar-refractivity contribution in [2.24, 2.45) is 0 Å². The van der Waals surface area contributed by atoms with Crippen LogP contribution < -0.4 is 0 Å². The molecule has 1 unspecified atom stereocenters. The molecule has 0 aliphatic heterocycles. The molecule has 1 aromatic heterocycles. The normalized spacial score (nSPS) is 9.20. The summed E-state index contributed by atoms with van der Waals surface area (Å²) >= 11 is 0. The van der Waals surface area contributed by atoms with Crippen LogP contribution in [0.5, 0.6) is 0 Å². The van der Waals surface area contributed by atoms with E-state index < -0.39 is 8.03 Å². The van der Waals surface area contributed by atoms with E-state index in [9.17, 15) is 0 Å². The Kier molecular flexibility index (Phi) is 5.62. The zero-order valence-corrected chi connectivity index (χ0v) is 6.27. The fourth-order valence-electron chi connectivity index (χ4n) is 0.205. The van der Waals surface area contributed by atoms with Crippen LogP contribution in [-0.2, 0) is 4.57 Å². The molecule has 5 nitrogen and oxygen atoms in total. The number of hydrogen-bond acceptors (Lipinski definition) is 4. The predicted molar refractivity (Wildman–Crippen MR) is 35.6 cm³/mol. The first kappa shape index (κ1) is 9.07. The molecule has 1 aromatic rings. The van der Waals surface area contributed by atoms with Crippen molar-refractivity contribution in [3.63, 3.8) is 0 Å². The first-order chi connectivity index (χ1) is 4.73. The molecule has 0 aromatic carbocycles. The van der Waals surface area contributed by atoms with Crippen molar-refractivity contribution < 1.29 is 9.46 Å². The van der Waals surface area contributed by atoms with Crippen molar-refractivity contribution in [1.82, 2.24) is 15.4 Å². The second-order valence-electron chi connectivity index (χ2n) is 1.28. The number of hydrogen-bond donors (Lipinski definition) is 1. The smallest absolute Gasteiger partial charge is 0.161 e. The summed E-state index contributed by atoms with van der Waals surface area (Å²) in [7, 11) is -1.87. The maximum Gasteiger partial charge on any atom is 0.502 e. The van der Waals surface area contributed by atoms with Crippen LogP contribution in [0.1, 0.15) is 0 Å². The third-order valence-electron chi connectivity index (χ3n) is 0.409. The second kappa shape index (κ2) is 6.19. The molecule has 0 aliphatic rings. The van der Waals surface area contributed by atoms with Gasteiger partial charge < -0.3 is 0 Å². The highest BCUT2D eigenvalue weighted by molar-refractivity contribution is 7.36. The number of rotatable bonds is 0. The molecule has 0 spiro atoms. The van der Waals surface area contributed by atoms with E-state index in [2.05, 4.69) is 15.4 Å². The molecule has 0 amide bonds. The zero-order valence-electron chi connectivity index (χ0n) is 5.38. The monoisotopic (exact) mass is 160 g/mol. The molecular formula is C4H7N3O2P+. The van der Waals surface area contributed by atoms with Gasteiger partial charge in [-0.1, -0.05) is 0 Å². The van der Waals surface area contributed by atoms with E-state index in [4.69, 9.17) is 9.46 Å². The highest BCUT2D eigenvalue weighted by atomic mass is 31.1. The molecule has 0 bridgehead atoms. The Morgan fingerprint density at radius 3 is 1.90 bits per heavy atom. The SMILES string of the molecule is C[P+](=O)O.c1cnnnc1. The Morgan fingerprint density at radius 2 is 1.80 bits per heavy atom. The van der Waals surface area contributed by atoms with Gasteiger partial charge in [-0.05, 0) is 15.8 Å². The van der Waals surface area contributed by atoms with Crippen LogP contribution in [0.3, 0.4) is 0 Å². The van der Waals surface area contributed by atoms with Gasteiger partial charge >= 0.3 is 8.03 Å². The van der Waals surface area contributed by atoms with Gasteiger partial charge in [0.2, 0.25) is 0 Å². The molecule has 0 aliphatic carbocycles. The van der Waals surface area contributed by atoms with Crippen LogP contribution >= 0.6 is 8.03 Å². The molecule has 1 N–H and O–H groups in total. The van der Waals surface area contributed by atoms with E-state index in [0.717, 1.165) is 0 Å². The third-order valence-corrected chi connectivity index (χ3v) is 0.409. The zero-order chi connectivity index (χ0) is 7.82. The minimum Gasteiger partial charge on any atom is -0.161 e. The van der Waals surface area contributed by atoms with Crippen molar-refractivity contribution in [1.29, 1.82) is 0 Å². The molecular weight excluding hydrogens is 153 g/mol. The van der Waals surface area contributed by atoms with Crippen LogP contribution in [0.15, 0.2) is 18.5 Å². The van der Waals surface area contributed by atoms with Gasteiger partial charge in [0.1, 0.15) is 0 Å². The van der Waals surface area contributed by atoms with Crippen molar-refractivity contribution in [2.75, 3.05) is 6.66 Å². The molecule has 10 heavy (non-hydrogen) atoms. The first-order valence-corrected chi connectivity index (χ1v) is 4.07. The topological polar surface area (TPSA) is 76.0 Å². The van der Waals surface area contributed by atoms with Gasteiger partial charge in [0.15, 0.2) is 6.66 Å². The van der Waals surface area contributed by atoms with Crippen molar-refractivity contribution in [2.45, 2.75) is 0 Å². The molecule has 54 valence electrons. The average molecular weight is 160 g/mol. The minimum absolute atomic E-state index is 1.23. The van der Waals surface area contributed by atoms with Gasteiger partial charge in [0.05, 0.1) is 12.4 Å². The quantitative estimate of drug-likeness (QED) is 0.549. The van der Waals surface area contributed by atoms with Crippen molar-refractivity contribution in [3.8, 4) is 0 Å². The molecule has 0 saturated carbocycles. The van der Waals surface area contributed by atoms with E-state index in [0.29, 0.717) is 0 Å². The summed E-state index contributed by atoms with van der Waals surface area (Å²) in [6.07, 6.45) is 3.15. The van der Waals surface area contributed by atoms with E-state index in [1.165, 1.54) is 6.66 Å². The van der Waals surface area contributed by atoms with Gasteiger partial charge in [-0.15, -0.1) is 10.2 Å². The van der Waals surface area contributed by atoms with Gasteiger partial charge in [0, 0.05) is 0 Å². The highest BCUT2D eigenvalue weighted by Crippen LogP contribution is 1.99. The summed E-state index contributed by atoms with van der Waals surface area (Å²) in [4.78, 5) is 7.56. The largest absolute Gasteiger partial charge is 0.502 e. The van der Waals surface area contributed by atoms with E-state index in [1.54, 1.807) is 18.5 Å². The first-order valence-electron chi connectivity index (χ1n) is 2.41. The van der Waals surface area contributed by atoms with Crippen LogP contribution in [0.25, 0.3) is 0 Å². The average Bonchev–Trinajstić information content (AvgIpc) is 1.90. The van der Waals surface area contributed by atoms with Gasteiger partial charge in [-0.2, -0.15) is 4.89 Å². The second-order valence-corrected chi connectivity index (χ2v) is 2.20. The summed E-state index contributed by atoms with van der Waals surface area (Å²) in [6.45, 7) is 1.23. The predicted octanol–water partition coefficient (Wildman–Crippen LogP) is 0.222. The van der Waals surface area contributed by atoms with Gasteiger partial charge in [-0.25, -0.2) is 0 Å². The molecule has 6 heteroatoms. The van der Waals surface area contributed by atoms with Crippen molar-refractivity contribution in [3.05, 3.63) is 18.5 Å². The maximum atomic E-state index is 9.15. The highest BCUT2D eigenvalue weighted by Gasteiger charge is 1.86.